The Bertz CT molecular complexity index is 1390. The van der Waals surface area contributed by atoms with E-state index in [-0.39, 0.29) is 5.91 Å². The highest BCUT2D eigenvalue weighted by atomic mass is 32.1. The fraction of sp³-hybridized carbons (Fsp3) is 0.0435. The number of rotatable bonds is 5. The molecule has 4 aromatic rings. The van der Waals surface area contributed by atoms with E-state index in [2.05, 4.69) is 21.7 Å². The number of carbonyl (C=O) groups excluding carboxylic acids is 1. The molecule has 0 spiro atoms. The summed E-state index contributed by atoms with van der Waals surface area (Å²) in [5.41, 5.74) is 2.59. The van der Waals surface area contributed by atoms with Crippen LogP contribution in [-0.4, -0.2) is 10.9 Å². The van der Waals surface area contributed by atoms with Gasteiger partial charge in [0, 0.05) is 35.3 Å². The van der Waals surface area contributed by atoms with E-state index in [1.54, 1.807) is 54.0 Å². The highest BCUT2D eigenvalue weighted by Crippen LogP contribution is 2.26. The number of nitriles is 1. The topological polar surface area (TPSA) is 108 Å². The van der Waals surface area contributed by atoms with Gasteiger partial charge >= 0.3 is 5.63 Å². The van der Waals surface area contributed by atoms with Crippen LogP contribution in [0.15, 0.2) is 75.4 Å². The van der Waals surface area contributed by atoms with Crippen molar-refractivity contribution in [2.24, 2.45) is 0 Å². The number of fused-ring (bicyclic) bond motifs is 1. The lowest BCUT2D eigenvalue weighted by molar-refractivity contribution is -0.114. The molecule has 2 N–H and O–H groups in total. The number of anilines is 2. The monoisotopic (exact) mass is 428 g/mol. The summed E-state index contributed by atoms with van der Waals surface area (Å²) < 4.78 is 5.37. The number of allylic oxidation sites excluding steroid dienone is 1. The number of hydrogen-bond acceptors (Lipinski definition) is 7. The normalized spacial score (nSPS) is 11.2. The van der Waals surface area contributed by atoms with Gasteiger partial charge in [0.2, 0.25) is 5.91 Å². The van der Waals surface area contributed by atoms with Gasteiger partial charge in [-0.15, -0.1) is 11.3 Å². The molecule has 0 atom stereocenters. The Morgan fingerprint density at radius 3 is 2.65 bits per heavy atom. The summed E-state index contributed by atoms with van der Waals surface area (Å²) in [6.45, 7) is 1.44. The standard InChI is InChI=1S/C23H16N4O3S/c1-14(28)26-18-8-6-17(7-9-18)25-12-16(11-24)22-27-20(13-31-22)19-10-15-4-2-3-5-21(15)30-23(19)29/h2-10,12-13,25H,1H3,(H,26,28)/b16-12-. The van der Waals surface area contributed by atoms with Crippen LogP contribution in [0.4, 0.5) is 11.4 Å². The van der Waals surface area contributed by atoms with E-state index in [1.807, 2.05) is 12.1 Å². The second-order valence-corrected chi connectivity index (χ2v) is 7.45. The molecule has 0 fully saturated rings. The van der Waals surface area contributed by atoms with Crippen molar-refractivity contribution in [2.45, 2.75) is 6.92 Å². The highest BCUT2D eigenvalue weighted by molar-refractivity contribution is 7.11. The molecule has 0 radical (unpaired) electrons. The summed E-state index contributed by atoms with van der Waals surface area (Å²) in [6, 6.07) is 18.2. The fourth-order valence-corrected chi connectivity index (χ4v) is 3.70. The van der Waals surface area contributed by atoms with Gasteiger partial charge in [-0.2, -0.15) is 5.26 Å². The van der Waals surface area contributed by atoms with Gasteiger partial charge in [-0.25, -0.2) is 9.78 Å². The molecule has 0 saturated carbocycles. The van der Waals surface area contributed by atoms with Crippen LogP contribution in [0.5, 0.6) is 0 Å². The molecular weight excluding hydrogens is 412 g/mol. The van der Waals surface area contributed by atoms with Gasteiger partial charge in [0.25, 0.3) is 0 Å². The molecule has 31 heavy (non-hydrogen) atoms. The highest BCUT2D eigenvalue weighted by Gasteiger charge is 2.13. The lowest BCUT2D eigenvalue weighted by atomic mass is 10.1. The zero-order chi connectivity index (χ0) is 21.8. The molecular formula is C23H16N4O3S. The molecule has 4 rings (SSSR count). The van der Waals surface area contributed by atoms with E-state index in [4.69, 9.17) is 4.42 Å². The summed E-state index contributed by atoms with van der Waals surface area (Å²) in [5.74, 6) is -0.146. The first kappa shape index (κ1) is 20.1. The number of hydrogen-bond donors (Lipinski definition) is 2. The SMILES string of the molecule is CC(=O)Nc1ccc(N/C=C(/C#N)c2nc(-c3cc4ccccc4oc3=O)cs2)cc1. The van der Waals surface area contributed by atoms with Crippen molar-refractivity contribution < 1.29 is 9.21 Å². The van der Waals surface area contributed by atoms with Crippen molar-refractivity contribution in [1.29, 1.82) is 5.26 Å². The molecule has 0 aliphatic heterocycles. The molecule has 0 aliphatic rings. The van der Waals surface area contributed by atoms with Crippen molar-refractivity contribution in [2.75, 3.05) is 10.6 Å². The minimum atomic E-state index is -0.476. The Kier molecular flexibility index (Phi) is 5.60. The van der Waals surface area contributed by atoms with Crippen LogP contribution in [0.2, 0.25) is 0 Å². The molecule has 152 valence electrons. The van der Waals surface area contributed by atoms with Gasteiger partial charge in [-0.05, 0) is 36.4 Å². The molecule has 0 unspecified atom stereocenters. The first-order valence-electron chi connectivity index (χ1n) is 9.27. The first-order chi connectivity index (χ1) is 15.0. The van der Waals surface area contributed by atoms with Crippen LogP contribution in [0, 0.1) is 11.3 Å². The van der Waals surface area contributed by atoms with Crippen molar-refractivity contribution >= 4 is 45.2 Å². The summed E-state index contributed by atoms with van der Waals surface area (Å²) in [5, 5.41) is 18.3. The molecule has 2 aromatic carbocycles. The van der Waals surface area contributed by atoms with Crippen LogP contribution < -0.4 is 16.3 Å². The van der Waals surface area contributed by atoms with E-state index in [0.29, 0.717) is 33.1 Å². The Morgan fingerprint density at radius 1 is 1.16 bits per heavy atom. The fourth-order valence-electron chi connectivity index (χ4n) is 2.91. The van der Waals surface area contributed by atoms with Crippen LogP contribution >= 0.6 is 11.3 Å². The van der Waals surface area contributed by atoms with E-state index >= 15 is 0 Å². The van der Waals surface area contributed by atoms with Crippen molar-refractivity contribution in [3.8, 4) is 17.3 Å². The average molecular weight is 428 g/mol. The van der Waals surface area contributed by atoms with Gasteiger partial charge in [-0.1, -0.05) is 18.2 Å². The number of nitrogens with zero attached hydrogens (tertiary/aromatic N) is 2. The predicted octanol–water partition coefficient (Wildman–Crippen LogP) is 4.85. The summed E-state index contributed by atoms with van der Waals surface area (Å²) in [7, 11) is 0. The molecule has 8 heteroatoms. The minimum Gasteiger partial charge on any atom is -0.422 e. The van der Waals surface area contributed by atoms with Crippen LogP contribution in [0.3, 0.4) is 0 Å². The van der Waals surface area contributed by atoms with Gasteiger partial charge in [0.05, 0.1) is 11.3 Å². The Hall–Kier alpha value is -4.22. The van der Waals surface area contributed by atoms with E-state index in [0.717, 1.165) is 11.1 Å². The van der Waals surface area contributed by atoms with E-state index in [1.165, 1.54) is 18.3 Å². The zero-order valence-electron chi connectivity index (χ0n) is 16.4. The maximum atomic E-state index is 12.4. The maximum absolute atomic E-state index is 12.4. The van der Waals surface area contributed by atoms with Crippen molar-refractivity contribution in [3.63, 3.8) is 0 Å². The van der Waals surface area contributed by atoms with Crippen LogP contribution in [0.25, 0.3) is 27.8 Å². The number of nitrogens with one attached hydrogen (secondary N) is 2. The number of aromatic nitrogens is 1. The van der Waals surface area contributed by atoms with Crippen LogP contribution in [-0.2, 0) is 4.79 Å². The lowest BCUT2D eigenvalue weighted by Gasteiger charge is -2.04. The molecule has 0 saturated heterocycles. The molecule has 0 aliphatic carbocycles. The molecule has 2 heterocycles. The number of amides is 1. The largest absolute Gasteiger partial charge is 0.422 e. The Labute approximate surface area is 181 Å². The summed E-state index contributed by atoms with van der Waals surface area (Å²) >= 11 is 1.27. The summed E-state index contributed by atoms with van der Waals surface area (Å²) in [6.07, 6.45) is 1.55. The van der Waals surface area contributed by atoms with Gasteiger partial charge in [0.15, 0.2) is 0 Å². The number of benzene rings is 2. The predicted molar refractivity (Wildman–Crippen MR) is 122 cm³/mol. The van der Waals surface area contributed by atoms with Gasteiger partial charge < -0.3 is 15.1 Å². The Balaban J connectivity index is 1.57. The van der Waals surface area contributed by atoms with E-state index in [9.17, 15) is 14.9 Å². The first-order valence-corrected chi connectivity index (χ1v) is 10.1. The number of thiazole rings is 1. The van der Waals surface area contributed by atoms with E-state index < -0.39 is 5.63 Å². The van der Waals surface area contributed by atoms with Gasteiger partial charge in [-0.3, -0.25) is 4.79 Å². The number of carbonyl (C=O) groups is 1. The third kappa shape index (κ3) is 4.52. The third-order valence-electron chi connectivity index (χ3n) is 4.36. The smallest absolute Gasteiger partial charge is 0.345 e. The second kappa shape index (κ2) is 8.65. The summed E-state index contributed by atoms with van der Waals surface area (Å²) in [4.78, 5) is 27.9. The van der Waals surface area contributed by atoms with Crippen molar-refractivity contribution in [3.05, 3.63) is 81.6 Å². The molecule has 1 amide bonds. The lowest BCUT2D eigenvalue weighted by Crippen LogP contribution is -2.05. The molecule has 7 nitrogen and oxygen atoms in total. The minimum absolute atomic E-state index is 0.146. The Morgan fingerprint density at radius 2 is 1.90 bits per heavy atom. The maximum Gasteiger partial charge on any atom is 0.345 e. The van der Waals surface area contributed by atoms with Gasteiger partial charge in [0.1, 0.15) is 22.2 Å². The van der Waals surface area contributed by atoms with Crippen molar-refractivity contribution in [1.82, 2.24) is 4.98 Å². The van der Waals surface area contributed by atoms with Crippen LogP contribution in [0.1, 0.15) is 11.9 Å². The molecule has 0 bridgehead atoms. The molecule has 2 aromatic heterocycles. The quantitative estimate of drug-likeness (QED) is 0.347. The third-order valence-corrected chi connectivity index (χ3v) is 5.24. The average Bonchev–Trinajstić information content (AvgIpc) is 3.24. The zero-order valence-corrected chi connectivity index (χ0v) is 17.2. The second-order valence-electron chi connectivity index (χ2n) is 6.60. The number of para-hydroxylation sites is 1.